The smallest absolute Gasteiger partial charge is 0.254 e. The van der Waals surface area contributed by atoms with E-state index in [9.17, 15) is 9.18 Å². The van der Waals surface area contributed by atoms with Crippen LogP contribution < -0.4 is 5.32 Å². The second-order valence-electron chi connectivity index (χ2n) is 5.89. The first-order chi connectivity index (χ1) is 10.7. The van der Waals surface area contributed by atoms with Gasteiger partial charge in [-0.3, -0.25) is 9.78 Å². The average Bonchev–Trinajstić information content (AvgIpc) is 3.44. The molecule has 7 heteroatoms. The lowest BCUT2D eigenvalue weighted by Crippen LogP contribution is -2.25. The van der Waals surface area contributed by atoms with Crippen LogP contribution in [0.1, 0.15) is 59.6 Å². The summed E-state index contributed by atoms with van der Waals surface area (Å²) in [6.07, 6.45) is 7.04. The number of pyridine rings is 1. The lowest BCUT2D eigenvalue weighted by atomic mass is 10.2. The van der Waals surface area contributed by atoms with Gasteiger partial charge < -0.3 is 9.88 Å². The van der Waals surface area contributed by atoms with Crippen LogP contribution in [0.4, 0.5) is 4.39 Å². The van der Waals surface area contributed by atoms with E-state index in [2.05, 4.69) is 25.1 Å². The zero-order valence-electron chi connectivity index (χ0n) is 12.0. The molecule has 2 aliphatic carbocycles. The van der Waals surface area contributed by atoms with Crippen LogP contribution >= 0.6 is 0 Å². The lowest BCUT2D eigenvalue weighted by Gasteiger charge is -2.09. The maximum atomic E-state index is 13.5. The number of rotatable bonds is 5. The molecule has 0 bridgehead atoms. The number of nitrogens with zero attached hydrogens (tertiary/aromatic N) is 4. The minimum atomic E-state index is -0.623. The van der Waals surface area contributed by atoms with Crippen molar-refractivity contribution >= 4 is 5.91 Å². The molecule has 0 aliphatic heterocycles. The lowest BCUT2D eigenvalue weighted by molar-refractivity contribution is 0.0945. The van der Waals surface area contributed by atoms with Crippen LogP contribution in [0.25, 0.3) is 0 Å². The Kier molecular flexibility index (Phi) is 3.13. The van der Waals surface area contributed by atoms with Gasteiger partial charge in [0.2, 0.25) is 0 Å². The molecular weight excluding hydrogens is 285 g/mol. The van der Waals surface area contributed by atoms with Crippen molar-refractivity contribution in [3.63, 3.8) is 0 Å². The number of aromatic nitrogens is 4. The van der Waals surface area contributed by atoms with Crippen molar-refractivity contribution in [3.8, 4) is 0 Å². The Morgan fingerprint density at radius 1 is 1.32 bits per heavy atom. The first kappa shape index (κ1) is 13.4. The Balaban J connectivity index is 1.50. The van der Waals surface area contributed by atoms with Crippen molar-refractivity contribution in [1.82, 2.24) is 25.1 Å². The second-order valence-corrected chi connectivity index (χ2v) is 5.89. The van der Waals surface area contributed by atoms with Crippen molar-refractivity contribution in [1.29, 1.82) is 0 Å². The normalized spacial score (nSPS) is 17.5. The van der Waals surface area contributed by atoms with Crippen LogP contribution in [0.5, 0.6) is 0 Å². The zero-order chi connectivity index (χ0) is 15.1. The number of amides is 1. The third-order valence-corrected chi connectivity index (χ3v) is 4.07. The summed E-state index contributed by atoms with van der Waals surface area (Å²) < 4.78 is 15.7. The highest BCUT2D eigenvalue weighted by Crippen LogP contribution is 2.44. The van der Waals surface area contributed by atoms with Gasteiger partial charge in [0.1, 0.15) is 5.82 Å². The Morgan fingerprint density at radius 2 is 2.14 bits per heavy atom. The van der Waals surface area contributed by atoms with E-state index in [4.69, 9.17) is 0 Å². The first-order valence-corrected chi connectivity index (χ1v) is 7.55. The van der Waals surface area contributed by atoms with E-state index in [-0.39, 0.29) is 12.1 Å². The van der Waals surface area contributed by atoms with E-state index in [1.54, 1.807) is 0 Å². The highest BCUT2D eigenvalue weighted by atomic mass is 19.1. The maximum Gasteiger partial charge on any atom is 0.254 e. The van der Waals surface area contributed by atoms with Gasteiger partial charge in [-0.25, -0.2) is 4.39 Å². The molecule has 2 aliphatic rings. The quantitative estimate of drug-likeness (QED) is 0.916. The van der Waals surface area contributed by atoms with Gasteiger partial charge in [0.15, 0.2) is 11.6 Å². The van der Waals surface area contributed by atoms with E-state index >= 15 is 0 Å². The number of hydrogen-bond acceptors (Lipinski definition) is 4. The number of halogens is 1. The summed E-state index contributed by atoms with van der Waals surface area (Å²) in [6.45, 7) is 0.261. The number of hydrogen-bond donors (Lipinski definition) is 1. The molecule has 6 nitrogen and oxygen atoms in total. The highest BCUT2D eigenvalue weighted by molar-refractivity contribution is 5.94. The van der Waals surface area contributed by atoms with Gasteiger partial charge in [-0.15, -0.1) is 10.2 Å². The van der Waals surface area contributed by atoms with Gasteiger partial charge in [0.25, 0.3) is 5.91 Å². The summed E-state index contributed by atoms with van der Waals surface area (Å²) in [7, 11) is 0. The van der Waals surface area contributed by atoms with Gasteiger partial charge in [0, 0.05) is 18.2 Å². The Morgan fingerprint density at radius 3 is 2.82 bits per heavy atom. The number of carbonyl (C=O) groups excluding carboxylic acids is 1. The second kappa shape index (κ2) is 5.15. The molecule has 0 unspecified atom stereocenters. The highest BCUT2D eigenvalue weighted by Gasteiger charge is 2.36. The molecule has 2 fully saturated rings. The number of nitrogens with one attached hydrogen (secondary N) is 1. The summed E-state index contributed by atoms with van der Waals surface area (Å²) in [4.78, 5) is 15.7. The van der Waals surface area contributed by atoms with Crippen LogP contribution in [0.2, 0.25) is 0 Å². The Hall–Kier alpha value is -2.31. The molecule has 0 radical (unpaired) electrons. The van der Waals surface area contributed by atoms with Crippen molar-refractivity contribution < 1.29 is 9.18 Å². The predicted molar refractivity (Wildman–Crippen MR) is 75.6 cm³/mol. The summed E-state index contributed by atoms with van der Waals surface area (Å²) >= 11 is 0. The molecule has 0 aromatic carbocycles. The monoisotopic (exact) mass is 301 g/mol. The van der Waals surface area contributed by atoms with Gasteiger partial charge in [-0.1, -0.05) is 0 Å². The summed E-state index contributed by atoms with van der Waals surface area (Å²) in [5.74, 6) is 1.24. The van der Waals surface area contributed by atoms with Crippen molar-refractivity contribution in [2.75, 3.05) is 0 Å². The summed E-state index contributed by atoms with van der Waals surface area (Å²) in [5.41, 5.74) is -0.00472. The van der Waals surface area contributed by atoms with Crippen LogP contribution in [0.15, 0.2) is 18.5 Å². The van der Waals surface area contributed by atoms with Crippen LogP contribution in [-0.4, -0.2) is 25.7 Å². The van der Waals surface area contributed by atoms with Crippen molar-refractivity contribution in [2.24, 2.45) is 0 Å². The van der Waals surface area contributed by atoms with E-state index in [0.29, 0.717) is 12.0 Å². The number of carbonyl (C=O) groups is 1. The molecule has 22 heavy (non-hydrogen) atoms. The Bertz CT molecular complexity index is 720. The third kappa shape index (κ3) is 2.47. The van der Waals surface area contributed by atoms with Crippen LogP contribution in [-0.2, 0) is 6.54 Å². The molecule has 0 spiro atoms. The van der Waals surface area contributed by atoms with E-state index in [1.807, 2.05) is 0 Å². The molecule has 2 aromatic rings. The molecule has 2 saturated carbocycles. The van der Waals surface area contributed by atoms with Gasteiger partial charge >= 0.3 is 0 Å². The molecule has 4 rings (SSSR count). The fraction of sp³-hybridized carbons (Fsp3) is 0.467. The SMILES string of the molecule is O=C(NCc1nnc(C2CC2)n1C1CC1)c1ccncc1F. The molecule has 1 amide bonds. The van der Waals surface area contributed by atoms with E-state index in [1.165, 1.54) is 25.1 Å². The predicted octanol–water partition coefficient (Wildman–Crippen LogP) is 1.95. The fourth-order valence-electron chi connectivity index (χ4n) is 2.62. The summed E-state index contributed by atoms with van der Waals surface area (Å²) in [6, 6.07) is 1.83. The van der Waals surface area contributed by atoms with Crippen molar-refractivity contribution in [2.45, 2.75) is 44.2 Å². The standard InChI is InChI=1S/C15H16FN5O/c16-12-7-17-6-5-11(12)15(22)18-8-13-19-20-14(9-1-2-9)21(13)10-3-4-10/h5-7,9-10H,1-4,8H2,(H,18,22). The largest absolute Gasteiger partial charge is 0.345 e. The topological polar surface area (TPSA) is 72.7 Å². The van der Waals surface area contributed by atoms with E-state index in [0.717, 1.165) is 30.7 Å². The molecular formula is C15H16FN5O. The minimum Gasteiger partial charge on any atom is -0.345 e. The Labute approximate surface area is 126 Å². The van der Waals surface area contributed by atoms with Crippen molar-refractivity contribution in [3.05, 3.63) is 41.5 Å². The average molecular weight is 301 g/mol. The van der Waals surface area contributed by atoms with Crippen LogP contribution in [0, 0.1) is 5.82 Å². The van der Waals surface area contributed by atoms with Crippen LogP contribution in [0.3, 0.4) is 0 Å². The molecule has 2 aromatic heterocycles. The first-order valence-electron chi connectivity index (χ1n) is 7.55. The molecule has 114 valence electrons. The third-order valence-electron chi connectivity index (χ3n) is 4.07. The molecule has 1 N–H and O–H groups in total. The molecule has 0 atom stereocenters. The fourth-order valence-corrected chi connectivity index (χ4v) is 2.62. The molecule has 0 saturated heterocycles. The maximum absolute atomic E-state index is 13.5. The summed E-state index contributed by atoms with van der Waals surface area (Å²) in [5, 5.41) is 11.2. The van der Waals surface area contributed by atoms with Gasteiger partial charge in [-0.05, 0) is 31.7 Å². The zero-order valence-corrected chi connectivity index (χ0v) is 12.0. The van der Waals surface area contributed by atoms with E-state index < -0.39 is 11.7 Å². The molecule has 2 heterocycles. The minimum absolute atomic E-state index is 0.00472. The van der Waals surface area contributed by atoms with Gasteiger partial charge in [0.05, 0.1) is 18.3 Å². The van der Waals surface area contributed by atoms with Gasteiger partial charge in [-0.2, -0.15) is 0 Å².